The molecule has 106 valence electrons. The summed E-state index contributed by atoms with van der Waals surface area (Å²) in [6.07, 6.45) is 2.43. The second-order valence-electron chi connectivity index (χ2n) is 4.93. The van der Waals surface area contributed by atoms with Crippen molar-refractivity contribution in [3.05, 3.63) is 41.6 Å². The first-order valence-corrected chi connectivity index (χ1v) is 9.71. The first-order chi connectivity index (χ1) is 9.63. The number of carbonyl (C=O) groups is 1. The third-order valence-corrected chi connectivity index (χ3v) is 6.40. The van der Waals surface area contributed by atoms with Crippen molar-refractivity contribution in [2.75, 3.05) is 6.54 Å². The molecule has 2 heterocycles. The van der Waals surface area contributed by atoms with Crippen LogP contribution in [-0.4, -0.2) is 23.3 Å². The molecule has 0 atom stereocenters. The Hall–Kier alpha value is -0.0100. The Bertz CT molecular complexity index is 605. The van der Waals surface area contributed by atoms with E-state index in [1.54, 1.807) is 22.7 Å². The van der Waals surface area contributed by atoms with Gasteiger partial charge in [0.05, 0.1) is 14.1 Å². The van der Waals surface area contributed by atoms with Gasteiger partial charge in [0.1, 0.15) is 0 Å². The number of hydrogen-bond donors (Lipinski definition) is 0. The molecule has 1 fully saturated rings. The molecule has 2 nitrogen and oxygen atoms in total. The summed E-state index contributed by atoms with van der Waals surface area (Å²) in [6, 6.07) is 4.63. The van der Waals surface area contributed by atoms with Gasteiger partial charge in [0.15, 0.2) is 5.78 Å². The zero-order valence-electron chi connectivity index (χ0n) is 10.6. The van der Waals surface area contributed by atoms with Gasteiger partial charge in [-0.15, -0.1) is 11.3 Å². The Morgan fingerprint density at radius 2 is 2.20 bits per heavy atom. The summed E-state index contributed by atoms with van der Waals surface area (Å²) in [4.78, 5) is 14.8. The van der Waals surface area contributed by atoms with E-state index in [2.05, 4.69) is 53.6 Å². The second kappa shape index (κ2) is 6.40. The fourth-order valence-corrected chi connectivity index (χ4v) is 5.69. The van der Waals surface area contributed by atoms with E-state index in [0.29, 0.717) is 12.6 Å². The van der Waals surface area contributed by atoms with E-state index in [9.17, 15) is 4.79 Å². The standard InChI is InChI=1S/C14H13Br2NOS2/c15-13-5-11(14(16)20-13)12(18)7-17(10-1-2-10)6-9-3-4-19-8-9/h3-5,8,10H,1-2,6-7H2. The maximum absolute atomic E-state index is 12.5. The van der Waals surface area contributed by atoms with Crippen LogP contribution in [0.5, 0.6) is 0 Å². The number of rotatable bonds is 6. The molecule has 1 aliphatic carbocycles. The molecule has 0 amide bonds. The van der Waals surface area contributed by atoms with Crippen LogP contribution in [0.2, 0.25) is 0 Å². The zero-order chi connectivity index (χ0) is 14.1. The lowest BCUT2D eigenvalue weighted by atomic mass is 10.2. The van der Waals surface area contributed by atoms with Gasteiger partial charge in [-0.3, -0.25) is 9.69 Å². The largest absolute Gasteiger partial charge is 0.293 e. The molecular weight excluding hydrogens is 422 g/mol. The summed E-state index contributed by atoms with van der Waals surface area (Å²) in [7, 11) is 0. The number of Topliss-reactive ketones (excluding diaryl/α,β-unsaturated/α-hetero) is 1. The van der Waals surface area contributed by atoms with Crippen molar-refractivity contribution in [1.82, 2.24) is 4.90 Å². The Kier molecular flexibility index (Phi) is 4.77. The van der Waals surface area contributed by atoms with Crippen molar-refractivity contribution >= 4 is 60.3 Å². The van der Waals surface area contributed by atoms with Gasteiger partial charge in [0.2, 0.25) is 0 Å². The summed E-state index contributed by atoms with van der Waals surface area (Å²) < 4.78 is 1.91. The van der Waals surface area contributed by atoms with Gasteiger partial charge in [-0.1, -0.05) is 0 Å². The van der Waals surface area contributed by atoms with Gasteiger partial charge in [0, 0.05) is 18.2 Å². The van der Waals surface area contributed by atoms with Gasteiger partial charge < -0.3 is 0 Å². The average Bonchev–Trinajstić information content (AvgIpc) is 3.02. The highest BCUT2D eigenvalue weighted by Gasteiger charge is 2.31. The third-order valence-electron chi connectivity index (χ3n) is 3.33. The fourth-order valence-electron chi connectivity index (χ4n) is 2.17. The zero-order valence-corrected chi connectivity index (χ0v) is 15.4. The minimum atomic E-state index is 0.195. The monoisotopic (exact) mass is 433 g/mol. The lowest BCUT2D eigenvalue weighted by molar-refractivity contribution is 0.0919. The second-order valence-corrected chi connectivity index (χ2v) is 9.46. The molecule has 0 spiro atoms. The van der Waals surface area contributed by atoms with Crippen LogP contribution in [0, 0.1) is 0 Å². The molecular formula is C14H13Br2NOS2. The van der Waals surface area contributed by atoms with E-state index >= 15 is 0 Å². The van der Waals surface area contributed by atoms with Crippen LogP contribution in [0.15, 0.2) is 30.5 Å². The van der Waals surface area contributed by atoms with E-state index in [4.69, 9.17) is 0 Å². The topological polar surface area (TPSA) is 20.3 Å². The number of carbonyl (C=O) groups excluding carboxylic acids is 1. The number of thiophene rings is 2. The van der Waals surface area contributed by atoms with Gasteiger partial charge in [0.25, 0.3) is 0 Å². The minimum absolute atomic E-state index is 0.195. The van der Waals surface area contributed by atoms with Crippen molar-refractivity contribution in [3.8, 4) is 0 Å². The molecule has 0 aliphatic heterocycles. The molecule has 0 unspecified atom stereocenters. The fraction of sp³-hybridized carbons (Fsp3) is 0.357. The van der Waals surface area contributed by atoms with Crippen LogP contribution < -0.4 is 0 Å². The molecule has 0 saturated heterocycles. The molecule has 0 aromatic carbocycles. The Labute approximate surface area is 143 Å². The Balaban J connectivity index is 1.70. The lowest BCUT2D eigenvalue weighted by Gasteiger charge is -2.20. The molecule has 6 heteroatoms. The average molecular weight is 435 g/mol. The molecule has 0 N–H and O–H groups in total. The van der Waals surface area contributed by atoms with Gasteiger partial charge in [-0.25, -0.2) is 0 Å². The summed E-state index contributed by atoms with van der Waals surface area (Å²) in [5.41, 5.74) is 2.10. The molecule has 0 bridgehead atoms. The molecule has 1 saturated carbocycles. The minimum Gasteiger partial charge on any atom is -0.293 e. The highest BCUT2D eigenvalue weighted by Crippen LogP contribution is 2.33. The Morgan fingerprint density at radius 1 is 1.40 bits per heavy atom. The SMILES string of the molecule is O=C(CN(Cc1ccsc1)C1CC1)c1cc(Br)sc1Br. The smallest absolute Gasteiger partial charge is 0.178 e. The molecule has 1 aliphatic rings. The van der Waals surface area contributed by atoms with Gasteiger partial charge in [-0.05, 0) is 73.2 Å². The number of nitrogens with zero attached hydrogens (tertiary/aromatic N) is 1. The first kappa shape index (κ1) is 14.9. The predicted octanol–water partition coefficient (Wildman–Crippen LogP) is 5.18. The number of ketones is 1. The maximum Gasteiger partial charge on any atom is 0.178 e. The molecule has 2 aromatic heterocycles. The van der Waals surface area contributed by atoms with E-state index in [-0.39, 0.29) is 5.78 Å². The van der Waals surface area contributed by atoms with E-state index in [0.717, 1.165) is 19.7 Å². The van der Waals surface area contributed by atoms with Crippen molar-refractivity contribution < 1.29 is 4.79 Å². The highest BCUT2D eigenvalue weighted by atomic mass is 79.9. The normalized spacial score (nSPS) is 14.9. The number of halogens is 2. The summed E-state index contributed by atoms with van der Waals surface area (Å²) in [6.45, 7) is 1.38. The van der Waals surface area contributed by atoms with Crippen LogP contribution in [0.3, 0.4) is 0 Å². The first-order valence-electron chi connectivity index (χ1n) is 6.36. The van der Waals surface area contributed by atoms with Crippen molar-refractivity contribution in [2.24, 2.45) is 0 Å². The van der Waals surface area contributed by atoms with E-state index in [1.165, 1.54) is 18.4 Å². The third kappa shape index (κ3) is 3.60. The maximum atomic E-state index is 12.5. The number of hydrogen-bond acceptors (Lipinski definition) is 4. The lowest BCUT2D eigenvalue weighted by Crippen LogP contribution is -2.31. The van der Waals surface area contributed by atoms with Crippen molar-refractivity contribution in [2.45, 2.75) is 25.4 Å². The van der Waals surface area contributed by atoms with Crippen LogP contribution in [0.25, 0.3) is 0 Å². The molecule has 0 radical (unpaired) electrons. The van der Waals surface area contributed by atoms with Crippen LogP contribution in [-0.2, 0) is 6.54 Å². The summed E-state index contributed by atoms with van der Waals surface area (Å²) in [5.74, 6) is 0.195. The van der Waals surface area contributed by atoms with Crippen LogP contribution in [0.4, 0.5) is 0 Å². The van der Waals surface area contributed by atoms with Crippen LogP contribution in [0.1, 0.15) is 28.8 Å². The summed E-state index contributed by atoms with van der Waals surface area (Å²) in [5, 5.41) is 4.26. The summed E-state index contributed by atoms with van der Waals surface area (Å²) >= 11 is 10.2. The molecule has 20 heavy (non-hydrogen) atoms. The van der Waals surface area contributed by atoms with E-state index in [1.807, 2.05) is 6.07 Å². The van der Waals surface area contributed by atoms with E-state index < -0.39 is 0 Å². The van der Waals surface area contributed by atoms with Crippen molar-refractivity contribution in [3.63, 3.8) is 0 Å². The van der Waals surface area contributed by atoms with Crippen LogP contribution >= 0.6 is 54.5 Å². The van der Waals surface area contributed by atoms with Gasteiger partial charge >= 0.3 is 0 Å². The quantitative estimate of drug-likeness (QED) is 0.583. The molecule has 3 rings (SSSR count). The predicted molar refractivity (Wildman–Crippen MR) is 91.8 cm³/mol. The Morgan fingerprint density at radius 3 is 2.75 bits per heavy atom. The van der Waals surface area contributed by atoms with Crippen molar-refractivity contribution in [1.29, 1.82) is 0 Å². The van der Waals surface area contributed by atoms with Gasteiger partial charge in [-0.2, -0.15) is 11.3 Å². The molecule has 2 aromatic rings. The highest BCUT2D eigenvalue weighted by molar-refractivity contribution is 9.12.